The number of fused-ring (bicyclic) bond motifs is 11. The molecule has 2 atom stereocenters. The van der Waals surface area contributed by atoms with Gasteiger partial charge in [-0.05, 0) is 63.9 Å². The molecule has 0 amide bonds. The first-order chi connectivity index (χ1) is 27.3. The third-order valence-electron chi connectivity index (χ3n) is 11.6. The lowest BCUT2D eigenvalue weighted by Crippen LogP contribution is -2.28. The number of hydrogen-bond donors (Lipinski definition) is 0. The van der Waals surface area contributed by atoms with Gasteiger partial charge in [-0.15, -0.1) is 0 Å². The van der Waals surface area contributed by atoms with Crippen molar-refractivity contribution in [2.24, 2.45) is 0 Å². The van der Waals surface area contributed by atoms with Crippen molar-refractivity contribution < 1.29 is 4.42 Å². The van der Waals surface area contributed by atoms with Crippen LogP contribution in [0.5, 0.6) is 0 Å². The topological polar surface area (TPSA) is 47.1 Å². The zero-order valence-corrected chi connectivity index (χ0v) is 29.7. The van der Waals surface area contributed by atoms with Gasteiger partial charge in [-0.2, -0.15) is 0 Å². The van der Waals surface area contributed by atoms with Crippen LogP contribution in [-0.4, -0.2) is 20.6 Å². The van der Waals surface area contributed by atoms with Gasteiger partial charge in [0.2, 0.25) is 5.95 Å². The molecule has 0 bridgehead atoms. The van der Waals surface area contributed by atoms with Gasteiger partial charge in [0.15, 0.2) is 5.58 Å². The van der Waals surface area contributed by atoms with E-state index in [2.05, 4.69) is 167 Å². The number of nitrogens with zero attached hydrogens (tertiary/aromatic N) is 4. The fourth-order valence-corrected chi connectivity index (χ4v) is 9.12. The lowest BCUT2D eigenvalue weighted by molar-refractivity contribution is 0.666. The summed E-state index contributed by atoms with van der Waals surface area (Å²) in [5, 5.41) is 5.73. The Balaban J connectivity index is 1.16. The van der Waals surface area contributed by atoms with Crippen molar-refractivity contribution in [1.82, 2.24) is 14.5 Å². The van der Waals surface area contributed by atoms with Crippen LogP contribution in [0.1, 0.15) is 11.5 Å². The molecule has 10 aromatic rings. The normalized spacial score (nSPS) is 16.2. The first-order valence-electron chi connectivity index (χ1n) is 18.8. The molecule has 1 aliphatic heterocycles. The van der Waals surface area contributed by atoms with E-state index in [1.54, 1.807) is 0 Å². The fraction of sp³-hybridized carbons (Fsp3) is 0.0400. The van der Waals surface area contributed by atoms with Gasteiger partial charge >= 0.3 is 0 Å². The Kier molecular flexibility index (Phi) is 6.39. The van der Waals surface area contributed by atoms with E-state index in [1.165, 1.54) is 44.0 Å². The Morgan fingerprint density at radius 1 is 0.509 bits per heavy atom. The number of rotatable bonds is 4. The molecule has 0 N–H and O–H groups in total. The summed E-state index contributed by atoms with van der Waals surface area (Å²) in [5.41, 5.74) is 12.2. The van der Waals surface area contributed by atoms with Gasteiger partial charge in [0.25, 0.3) is 0 Å². The number of furan rings is 1. The van der Waals surface area contributed by atoms with Gasteiger partial charge in [0.05, 0.1) is 22.8 Å². The van der Waals surface area contributed by atoms with E-state index in [-0.39, 0.29) is 12.0 Å². The van der Waals surface area contributed by atoms with Gasteiger partial charge in [-0.1, -0.05) is 146 Å². The molecule has 1 aliphatic carbocycles. The summed E-state index contributed by atoms with van der Waals surface area (Å²) in [6, 6.07) is 56.1. The van der Waals surface area contributed by atoms with Gasteiger partial charge < -0.3 is 9.32 Å². The van der Waals surface area contributed by atoms with Crippen molar-refractivity contribution in [2.45, 2.75) is 12.0 Å². The number of allylic oxidation sites excluding steroid dienone is 2. The van der Waals surface area contributed by atoms with Crippen molar-refractivity contribution in [3.63, 3.8) is 0 Å². The smallest absolute Gasteiger partial charge is 0.236 e. The number of para-hydroxylation sites is 2. The average molecular weight is 705 g/mol. The van der Waals surface area contributed by atoms with Crippen LogP contribution in [0.3, 0.4) is 0 Å². The Bertz CT molecular complexity index is 3220. The van der Waals surface area contributed by atoms with Crippen molar-refractivity contribution in [3.8, 4) is 28.3 Å². The summed E-state index contributed by atoms with van der Waals surface area (Å²) in [4.78, 5) is 13.4. The fourth-order valence-electron chi connectivity index (χ4n) is 9.12. The quantitative estimate of drug-likeness (QED) is 0.183. The van der Waals surface area contributed by atoms with E-state index in [9.17, 15) is 0 Å². The Morgan fingerprint density at radius 3 is 2.13 bits per heavy atom. The minimum atomic E-state index is 0.164. The molecule has 5 heteroatoms. The SMILES string of the molecule is C1=CC2c3ccccc3N(c3cccc4c3c3c5ccccc5ccc3n4-c3nc(-c4ccc(-c5ccccc5)cc4)c4oc5ccccc5c4n3)C2C=C1. The van der Waals surface area contributed by atoms with E-state index >= 15 is 0 Å². The molecule has 0 fully saturated rings. The molecule has 55 heavy (non-hydrogen) atoms. The number of anilines is 2. The Hall–Kier alpha value is -7.24. The maximum atomic E-state index is 6.58. The molecule has 0 saturated carbocycles. The molecular weight excluding hydrogens is 673 g/mol. The van der Waals surface area contributed by atoms with E-state index < -0.39 is 0 Å². The molecule has 4 heterocycles. The largest absolute Gasteiger partial charge is 0.452 e. The van der Waals surface area contributed by atoms with E-state index in [0.29, 0.717) is 11.5 Å². The van der Waals surface area contributed by atoms with Gasteiger partial charge in [-0.25, -0.2) is 9.97 Å². The van der Waals surface area contributed by atoms with Crippen molar-refractivity contribution in [1.29, 1.82) is 0 Å². The molecule has 5 nitrogen and oxygen atoms in total. The second-order valence-electron chi connectivity index (χ2n) is 14.5. The second kappa shape index (κ2) is 11.6. The van der Waals surface area contributed by atoms with Crippen molar-refractivity contribution in [3.05, 3.63) is 188 Å². The van der Waals surface area contributed by atoms with Gasteiger partial charge in [0, 0.05) is 33.3 Å². The third-order valence-corrected chi connectivity index (χ3v) is 11.6. The maximum absolute atomic E-state index is 6.58. The van der Waals surface area contributed by atoms with E-state index in [4.69, 9.17) is 14.4 Å². The van der Waals surface area contributed by atoms with E-state index in [0.717, 1.165) is 44.3 Å². The molecule has 7 aromatic carbocycles. The molecule has 0 spiro atoms. The van der Waals surface area contributed by atoms with Gasteiger partial charge in [-0.3, -0.25) is 4.57 Å². The van der Waals surface area contributed by atoms with Crippen LogP contribution in [-0.2, 0) is 0 Å². The second-order valence-corrected chi connectivity index (χ2v) is 14.5. The molecule has 2 aliphatic rings. The highest BCUT2D eigenvalue weighted by molar-refractivity contribution is 6.25. The maximum Gasteiger partial charge on any atom is 0.236 e. The van der Waals surface area contributed by atoms with Crippen LogP contribution < -0.4 is 4.90 Å². The predicted octanol–water partition coefficient (Wildman–Crippen LogP) is 12.7. The summed E-state index contributed by atoms with van der Waals surface area (Å²) in [7, 11) is 0. The first-order valence-corrected chi connectivity index (χ1v) is 18.8. The van der Waals surface area contributed by atoms with Crippen LogP contribution in [0.4, 0.5) is 11.4 Å². The van der Waals surface area contributed by atoms with Gasteiger partial charge in [0.1, 0.15) is 16.8 Å². The van der Waals surface area contributed by atoms with Crippen LogP contribution in [0, 0.1) is 0 Å². The molecule has 12 rings (SSSR count). The monoisotopic (exact) mass is 704 g/mol. The standard InChI is InChI=1S/C50H32N4O/c1-2-13-31(14-3-1)32-25-27-34(28-26-32)47-49-48(38-19-8-11-24-44(38)55-49)52-50(51-47)54-42-23-12-22-41(46(42)45-35-16-5-4-15-33(35)29-30-43(45)54)53-39-20-9-6-17-36(39)37-18-7-10-21-40(37)53/h1-30,36,39H. The lowest BCUT2D eigenvalue weighted by atomic mass is 9.91. The summed E-state index contributed by atoms with van der Waals surface area (Å²) >= 11 is 0. The highest BCUT2D eigenvalue weighted by Gasteiger charge is 2.38. The number of hydrogen-bond acceptors (Lipinski definition) is 4. The molecule has 0 saturated heterocycles. The van der Waals surface area contributed by atoms with Crippen LogP contribution in [0.2, 0.25) is 0 Å². The summed E-state index contributed by atoms with van der Waals surface area (Å²) < 4.78 is 8.84. The van der Waals surface area contributed by atoms with Crippen LogP contribution in [0.15, 0.2) is 186 Å². The van der Waals surface area contributed by atoms with E-state index in [1.807, 2.05) is 24.3 Å². The number of benzene rings is 7. The zero-order valence-electron chi connectivity index (χ0n) is 29.7. The summed E-state index contributed by atoms with van der Waals surface area (Å²) in [6.45, 7) is 0. The molecule has 258 valence electrons. The van der Waals surface area contributed by atoms with Crippen LogP contribution in [0.25, 0.3) is 83.0 Å². The lowest BCUT2D eigenvalue weighted by Gasteiger charge is -2.29. The Morgan fingerprint density at radius 2 is 1.22 bits per heavy atom. The van der Waals surface area contributed by atoms with Crippen molar-refractivity contribution >= 4 is 66.0 Å². The third kappa shape index (κ3) is 4.41. The molecule has 0 radical (unpaired) electrons. The van der Waals surface area contributed by atoms with Crippen LogP contribution >= 0.6 is 0 Å². The molecule has 3 aromatic heterocycles. The molecular formula is C50H32N4O. The average Bonchev–Trinajstić information content (AvgIpc) is 3.92. The zero-order chi connectivity index (χ0) is 36.0. The summed E-state index contributed by atoms with van der Waals surface area (Å²) in [5.74, 6) is 0.881. The predicted molar refractivity (Wildman–Crippen MR) is 225 cm³/mol. The Labute approximate surface area is 316 Å². The highest BCUT2D eigenvalue weighted by atomic mass is 16.3. The molecule has 2 unspecified atom stereocenters. The van der Waals surface area contributed by atoms with Crippen molar-refractivity contribution in [2.75, 3.05) is 4.90 Å². The minimum Gasteiger partial charge on any atom is -0.452 e. The summed E-state index contributed by atoms with van der Waals surface area (Å²) in [6.07, 6.45) is 9.05. The minimum absolute atomic E-state index is 0.164. The number of aromatic nitrogens is 3. The highest BCUT2D eigenvalue weighted by Crippen LogP contribution is 2.51. The first kappa shape index (κ1) is 30.2.